The van der Waals surface area contributed by atoms with Crippen molar-refractivity contribution in [1.29, 1.82) is 0 Å². The average Bonchev–Trinajstić information content (AvgIpc) is 2.34. The molecule has 0 N–H and O–H groups in total. The molecule has 1 aromatic carbocycles. The van der Waals surface area contributed by atoms with Crippen LogP contribution >= 0.6 is 67.8 Å². The molecule has 0 aliphatic carbocycles. The van der Waals surface area contributed by atoms with Crippen molar-refractivity contribution in [2.24, 2.45) is 0 Å². The van der Waals surface area contributed by atoms with E-state index in [1.165, 1.54) is 0 Å². The fraction of sp³-hybridized carbons (Fsp3) is 0.417. The first kappa shape index (κ1) is 16.9. The summed E-state index contributed by atoms with van der Waals surface area (Å²) in [5.41, 5.74) is 0.683. The van der Waals surface area contributed by atoms with E-state index in [2.05, 4.69) is 79.6 Å². The van der Waals surface area contributed by atoms with Crippen LogP contribution < -0.4 is 0 Å². The van der Waals surface area contributed by atoms with E-state index in [9.17, 15) is 4.79 Å². The molecule has 0 aliphatic rings. The van der Waals surface area contributed by atoms with Crippen LogP contribution in [0.5, 0.6) is 0 Å². The SMILES string of the molecule is CCN(C)CCOC(=O)c1c(I)ccc(I)c1I. The number of rotatable bonds is 5. The Labute approximate surface area is 148 Å². The molecule has 3 nitrogen and oxygen atoms in total. The molecule has 0 unspecified atom stereocenters. The second-order valence-corrected chi connectivity index (χ2v) is 7.15. The van der Waals surface area contributed by atoms with Crippen LogP contribution in [0.3, 0.4) is 0 Å². The minimum absolute atomic E-state index is 0.230. The first-order chi connectivity index (χ1) is 8.47. The fourth-order valence-electron chi connectivity index (χ4n) is 1.24. The number of ether oxygens (including phenoxy) is 1. The standard InChI is InChI=1S/C12H14I3NO2/c1-3-16(2)6-7-18-12(17)10-8(13)4-5-9(14)11(10)15/h4-5H,3,6-7H2,1-2H3. The van der Waals surface area contributed by atoms with Crippen LogP contribution in [-0.4, -0.2) is 37.6 Å². The smallest absolute Gasteiger partial charge is 0.340 e. The van der Waals surface area contributed by atoms with E-state index in [-0.39, 0.29) is 5.97 Å². The van der Waals surface area contributed by atoms with Crippen molar-refractivity contribution in [2.45, 2.75) is 6.92 Å². The van der Waals surface area contributed by atoms with E-state index in [0.717, 1.165) is 23.8 Å². The maximum absolute atomic E-state index is 12.1. The molecular formula is C12H14I3NO2. The van der Waals surface area contributed by atoms with Crippen LogP contribution in [0.15, 0.2) is 12.1 Å². The zero-order chi connectivity index (χ0) is 13.7. The molecule has 0 saturated heterocycles. The van der Waals surface area contributed by atoms with Crippen molar-refractivity contribution in [3.05, 3.63) is 28.4 Å². The quantitative estimate of drug-likeness (QED) is 0.301. The second kappa shape index (κ2) is 8.20. The third kappa shape index (κ3) is 4.75. The highest BCUT2D eigenvalue weighted by Crippen LogP contribution is 2.24. The molecule has 0 aromatic heterocycles. The maximum atomic E-state index is 12.1. The predicted octanol–water partition coefficient (Wildman–Crippen LogP) is 3.61. The topological polar surface area (TPSA) is 29.5 Å². The lowest BCUT2D eigenvalue weighted by atomic mass is 10.2. The molecule has 0 fully saturated rings. The molecule has 0 amide bonds. The Balaban J connectivity index is 2.70. The second-order valence-electron chi connectivity index (χ2n) is 3.75. The van der Waals surface area contributed by atoms with Crippen LogP contribution in [-0.2, 0) is 4.74 Å². The lowest BCUT2D eigenvalue weighted by molar-refractivity contribution is 0.0472. The van der Waals surface area contributed by atoms with E-state index < -0.39 is 0 Å². The van der Waals surface area contributed by atoms with Gasteiger partial charge in [0.25, 0.3) is 0 Å². The number of hydrogen-bond donors (Lipinski definition) is 0. The van der Waals surface area contributed by atoms with E-state index in [1.807, 2.05) is 19.2 Å². The lowest BCUT2D eigenvalue weighted by Crippen LogP contribution is -2.24. The molecule has 0 atom stereocenters. The van der Waals surface area contributed by atoms with Gasteiger partial charge in [0, 0.05) is 17.3 Å². The van der Waals surface area contributed by atoms with Crippen LogP contribution in [0, 0.1) is 10.7 Å². The average molecular weight is 585 g/mol. The van der Waals surface area contributed by atoms with Gasteiger partial charge in [-0.3, -0.25) is 0 Å². The molecule has 0 aliphatic heterocycles. The molecule has 18 heavy (non-hydrogen) atoms. The summed E-state index contributed by atoms with van der Waals surface area (Å²) in [6, 6.07) is 3.95. The summed E-state index contributed by atoms with van der Waals surface area (Å²) in [6.45, 7) is 4.23. The van der Waals surface area contributed by atoms with Gasteiger partial charge in [-0.2, -0.15) is 0 Å². The van der Waals surface area contributed by atoms with Crippen molar-refractivity contribution >= 4 is 73.7 Å². The largest absolute Gasteiger partial charge is 0.461 e. The third-order valence-electron chi connectivity index (χ3n) is 2.49. The van der Waals surface area contributed by atoms with Gasteiger partial charge in [0.15, 0.2) is 0 Å². The number of hydrogen-bond acceptors (Lipinski definition) is 3. The number of halogens is 3. The molecule has 0 spiro atoms. The van der Waals surface area contributed by atoms with Crippen molar-refractivity contribution in [3.63, 3.8) is 0 Å². The number of carbonyl (C=O) groups excluding carboxylic acids is 1. The van der Waals surface area contributed by atoms with Gasteiger partial charge in [0.2, 0.25) is 0 Å². The summed E-state index contributed by atoms with van der Waals surface area (Å²) in [5, 5.41) is 0. The van der Waals surface area contributed by atoms with Gasteiger partial charge in [-0.1, -0.05) is 6.92 Å². The van der Waals surface area contributed by atoms with Gasteiger partial charge in [-0.25, -0.2) is 4.79 Å². The Kier molecular flexibility index (Phi) is 7.70. The fourth-order valence-corrected chi connectivity index (χ4v) is 3.56. The predicted molar refractivity (Wildman–Crippen MR) is 98.0 cm³/mol. The summed E-state index contributed by atoms with van der Waals surface area (Å²) in [5.74, 6) is -0.230. The molecule has 0 saturated carbocycles. The van der Waals surface area contributed by atoms with Gasteiger partial charge < -0.3 is 9.64 Å². The normalized spacial score (nSPS) is 10.8. The van der Waals surface area contributed by atoms with E-state index in [4.69, 9.17) is 4.74 Å². The summed E-state index contributed by atoms with van der Waals surface area (Å²) in [6.07, 6.45) is 0. The molecule has 1 rings (SSSR count). The van der Waals surface area contributed by atoms with Crippen LogP contribution in [0.1, 0.15) is 17.3 Å². The monoisotopic (exact) mass is 585 g/mol. The molecule has 0 heterocycles. The Hall–Kier alpha value is 0.840. The van der Waals surface area contributed by atoms with Crippen molar-refractivity contribution in [2.75, 3.05) is 26.7 Å². The van der Waals surface area contributed by atoms with Gasteiger partial charge in [-0.05, 0) is 93.5 Å². The lowest BCUT2D eigenvalue weighted by Gasteiger charge is -2.14. The highest BCUT2D eigenvalue weighted by molar-refractivity contribution is 14.1. The number of carbonyl (C=O) groups is 1. The minimum Gasteiger partial charge on any atom is -0.461 e. The van der Waals surface area contributed by atoms with Crippen LogP contribution in [0.25, 0.3) is 0 Å². The van der Waals surface area contributed by atoms with E-state index >= 15 is 0 Å². The number of benzene rings is 1. The third-order valence-corrected chi connectivity index (χ3v) is 6.44. The molecule has 0 bridgehead atoms. The Morgan fingerprint density at radius 1 is 1.28 bits per heavy atom. The molecule has 100 valence electrons. The zero-order valence-electron chi connectivity index (χ0n) is 10.2. The van der Waals surface area contributed by atoms with Gasteiger partial charge in [-0.15, -0.1) is 0 Å². The Morgan fingerprint density at radius 2 is 1.89 bits per heavy atom. The van der Waals surface area contributed by atoms with Gasteiger partial charge in [0.05, 0.1) is 5.56 Å². The molecule has 1 aromatic rings. The van der Waals surface area contributed by atoms with Crippen LogP contribution in [0.2, 0.25) is 0 Å². The highest BCUT2D eigenvalue weighted by atomic mass is 127. The first-order valence-corrected chi connectivity index (χ1v) is 8.70. The molecular weight excluding hydrogens is 571 g/mol. The molecule has 6 heteroatoms. The summed E-state index contributed by atoms with van der Waals surface area (Å²) < 4.78 is 8.30. The number of esters is 1. The summed E-state index contributed by atoms with van der Waals surface area (Å²) in [7, 11) is 2.01. The van der Waals surface area contributed by atoms with Crippen molar-refractivity contribution in [3.8, 4) is 0 Å². The highest BCUT2D eigenvalue weighted by Gasteiger charge is 2.17. The Bertz CT molecular complexity index is 438. The van der Waals surface area contributed by atoms with E-state index in [0.29, 0.717) is 12.2 Å². The van der Waals surface area contributed by atoms with Crippen molar-refractivity contribution in [1.82, 2.24) is 4.90 Å². The summed E-state index contributed by atoms with van der Waals surface area (Å²) >= 11 is 6.59. The number of nitrogens with zero attached hydrogens (tertiary/aromatic N) is 1. The minimum atomic E-state index is -0.230. The van der Waals surface area contributed by atoms with Gasteiger partial charge >= 0.3 is 5.97 Å². The zero-order valence-corrected chi connectivity index (χ0v) is 16.6. The summed E-state index contributed by atoms with van der Waals surface area (Å²) in [4.78, 5) is 14.2. The Morgan fingerprint density at radius 3 is 2.50 bits per heavy atom. The van der Waals surface area contributed by atoms with Crippen LogP contribution in [0.4, 0.5) is 0 Å². The number of likely N-dealkylation sites (N-methyl/N-ethyl adjacent to an activating group) is 1. The maximum Gasteiger partial charge on any atom is 0.340 e. The van der Waals surface area contributed by atoms with E-state index in [1.54, 1.807) is 0 Å². The molecule has 0 radical (unpaired) electrons. The van der Waals surface area contributed by atoms with Crippen molar-refractivity contribution < 1.29 is 9.53 Å². The first-order valence-electron chi connectivity index (χ1n) is 5.46. The van der Waals surface area contributed by atoms with Gasteiger partial charge in [0.1, 0.15) is 6.61 Å².